The summed E-state index contributed by atoms with van der Waals surface area (Å²) in [6.45, 7) is 3.03. The molecule has 0 saturated carbocycles. The van der Waals surface area contributed by atoms with Gasteiger partial charge in [-0.15, -0.1) is 0 Å². The molecule has 1 aromatic heterocycles. The molecule has 0 aliphatic carbocycles. The normalized spacial score (nSPS) is 15.2. The number of carbonyl (C=O) groups is 1. The van der Waals surface area contributed by atoms with Gasteiger partial charge in [0, 0.05) is 19.5 Å². The second-order valence-electron chi connectivity index (χ2n) is 5.21. The molecule has 0 bridgehead atoms. The van der Waals surface area contributed by atoms with Crippen LogP contribution in [0.5, 0.6) is 0 Å². The predicted octanol–water partition coefficient (Wildman–Crippen LogP) is 2.01. The molecule has 1 saturated heterocycles. The van der Waals surface area contributed by atoms with E-state index < -0.39 is 0 Å². The number of amides is 1. The van der Waals surface area contributed by atoms with Crippen LogP contribution in [0.3, 0.4) is 0 Å². The van der Waals surface area contributed by atoms with E-state index in [9.17, 15) is 4.79 Å². The summed E-state index contributed by atoms with van der Waals surface area (Å²) < 4.78 is 0. The average Bonchev–Trinajstić information content (AvgIpc) is 2.49. The van der Waals surface area contributed by atoms with E-state index >= 15 is 0 Å². The average molecular weight is 276 g/mol. The minimum absolute atomic E-state index is 0.0489. The third-order valence-corrected chi connectivity index (χ3v) is 3.54. The summed E-state index contributed by atoms with van der Waals surface area (Å²) in [5.41, 5.74) is 0.778. The molecule has 2 N–H and O–H groups in total. The van der Waals surface area contributed by atoms with Gasteiger partial charge in [0.1, 0.15) is 5.82 Å². The molecule has 1 aliphatic rings. The van der Waals surface area contributed by atoms with E-state index in [1.165, 1.54) is 19.3 Å². The third kappa shape index (κ3) is 4.49. The Balaban J connectivity index is 1.83. The van der Waals surface area contributed by atoms with E-state index in [2.05, 4.69) is 20.5 Å². The van der Waals surface area contributed by atoms with Gasteiger partial charge < -0.3 is 15.5 Å². The van der Waals surface area contributed by atoms with Crippen molar-refractivity contribution in [2.24, 2.45) is 0 Å². The summed E-state index contributed by atoms with van der Waals surface area (Å²) >= 11 is 0. The number of hydrogen-bond acceptors (Lipinski definition) is 4. The number of anilines is 2. The summed E-state index contributed by atoms with van der Waals surface area (Å²) in [4.78, 5) is 18.5. The molecule has 110 valence electrons. The minimum atomic E-state index is 0.0489. The Bertz CT molecular complexity index is 412. The molecular formula is C15H24N4O. The lowest BCUT2D eigenvalue weighted by Crippen LogP contribution is -2.30. The smallest absolute Gasteiger partial charge is 0.224 e. The molecule has 2 rings (SSSR count). The first-order valence-electron chi connectivity index (χ1n) is 7.45. The highest BCUT2D eigenvalue weighted by Crippen LogP contribution is 2.18. The predicted molar refractivity (Wildman–Crippen MR) is 82.1 cm³/mol. The zero-order valence-corrected chi connectivity index (χ0v) is 12.2. The number of nitrogens with one attached hydrogen (secondary N) is 2. The highest BCUT2D eigenvalue weighted by Gasteiger charge is 2.11. The van der Waals surface area contributed by atoms with Crippen molar-refractivity contribution in [1.82, 2.24) is 10.3 Å². The van der Waals surface area contributed by atoms with Crippen LogP contribution in [0.15, 0.2) is 18.3 Å². The number of hydrogen-bond donors (Lipinski definition) is 2. The van der Waals surface area contributed by atoms with E-state index in [-0.39, 0.29) is 5.91 Å². The lowest BCUT2D eigenvalue weighted by atomic mass is 10.1. The summed E-state index contributed by atoms with van der Waals surface area (Å²) in [5, 5.41) is 5.92. The van der Waals surface area contributed by atoms with Gasteiger partial charge in [-0.05, 0) is 51.4 Å². The quantitative estimate of drug-likeness (QED) is 0.780. The second kappa shape index (κ2) is 7.85. The first kappa shape index (κ1) is 14.8. The van der Waals surface area contributed by atoms with Crippen LogP contribution in [-0.4, -0.2) is 37.6 Å². The van der Waals surface area contributed by atoms with Crippen LogP contribution in [0.25, 0.3) is 0 Å². The van der Waals surface area contributed by atoms with Gasteiger partial charge in [-0.3, -0.25) is 4.79 Å². The lowest BCUT2D eigenvalue weighted by molar-refractivity contribution is -0.116. The van der Waals surface area contributed by atoms with Gasteiger partial charge in [0.05, 0.1) is 11.9 Å². The summed E-state index contributed by atoms with van der Waals surface area (Å²) in [5.74, 6) is 1.06. The molecular weight excluding hydrogens is 252 g/mol. The Morgan fingerprint density at radius 2 is 2.10 bits per heavy atom. The van der Waals surface area contributed by atoms with Crippen molar-refractivity contribution in [2.45, 2.75) is 32.1 Å². The van der Waals surface area contributed by atoms with E-state index in [0.717, 1.165) is 37.6 Å². The number of aromatic nitrogens is 1. The molecule has 1 aliphatic heterocycles. The summed E-state index contributed by atoms with van der Waals surface area (Å²) in [6.07, 6.45) is 6.94. The molecule has 2 heterocycles. The molecule has 0 aromatic carbocycles. The minimum Gasteiger partial charge on any atom is -0.357 e. The van der Waals surface area contributed by atoms with E-state index in [4.69, 9.17) is 0 Å². The summed E-state index contributed by atoms with van der Waals surface area (Å²) in [7, 11) is 1.89. The fraction of sp³-hybridized carbons (Fsp3) is 0.600. The highest BCUT2D eigenvalue weighted by atomic mass is 16.1. The van der Waals surface area contributed by atoms with E-state index in [0.29, 0.717) is 6.42 Å². The maximum absolute atomic E-state index is 11.7. The molecule has 0 atom stereocenters. The van der Waals surface area contributed by atoms with Gasteiger partial charge in [-0.1, -0.05) is 0 Å². The molecule has 1 fully saturated rings. The first-order valence-corrected chi connectivity index (χ1v) is 7.45. The molecule has 0 radical (unpaired) electrons. The largest absolute Gasteiger partial charge is 0.357 e. The van der Waals surface area contributed by atoms with Crippen molar-refractivity contribution in [3.05, 3.63) is 18.3 Å². The van der Waals surface area contributed by atoms with Crippen LogP contribution in [0.4, 0.5) is 11.5 Å². The number of nitrogens with zero attached hydrogens (tertiary/aromatic N) is 2. The Labute approximate surface area is 120 Å². The Kier molecular flexibility index (Phi) is 5.80. The standard InChI is InChI=1S/C15H24N4O/c1-16-9-5-6-15(20)18-13-7-8-14(17-12-13)19-10-3-2-4-11-19/h7-8,12,16H,2-6,9-11H2,1H3,(H,18,20). The first-order chi connectivity index (χ1) is 9.79. The number of carbonyl (C=O) groups excluding carboxylic acids is 1. The molecule has 1 amide bonds. The van der Waals surface area contributed by atoms with Crippen molar-refractivity contribution in [3.8, 4) is 0 Å². The molecule has 5 heteroatoms. The third-order valence-electron chi connectivity index (χ3n) is 3.54. The molecule has 5 nitrogen and oxygen atoms in total. The van der Waals surface area contributed by atoms with Crippen LogP contribution >= 0.6 is 0 Å². The molecule has 1 aromatic rings. The van der Waals surface area contributed by atoms with Crippen LogP contribution in [0.2, 0.25) is 0 Å². The van der Waals surface area contributed by atoms with E-state index in [1.54, 1.807) is 6.20 Å². The van der Waals surface area contributed by atoms with Gasteiger partial charge in [0.15, 0.2) is 0 Å². The topological polar surface area (TPSA) is 57.3 Å². The van der Waals surface area contributed by atoms with Crippen LogP contribution in [0, 0.1) is 0 Å². The van der Waals surface area contributed by atoms with Gasteiger partial charge in [0.2, 0.25) is 5.91 Å². The van der Waals surface area contributed by atoms with Crippen molar-refractivity contribution < 1.29 is 4.79 Å². The maximum atomic E-state index is 11.7. The van der Waals surface area contributed by atoms with Crippen molar-refractivity contribution in [3.63, 3.8) is 0 Å². The monoisotopic (exact) mass is 276 g/mol. The number of piperidine rings is 1. The zero-order chi connectivity index (χ0) is 14.2. The fourth-order valence-corrected chi connectivity index (χ4v) is 2.42. The SMILES string of the molecule is CNCCCC(=O)Nc1ccc(N2CCCCC2)nc1. The van der Waals surface area contributed by atoms with Gasteiger partial charge in [-0.25, -0.2) is 4.98 Å². The highest BCUT2D eigenvalue weighted by molar-refractivity contribution is 5.90. The molecule has 0 spiro atoms. The Morgan fingerprint density at radius 1 is 1.30 bits per heavy atom. The lowest BCUT2D eigenvalue weighted by Gasteiger charge is -2.27. The van der Waals surface area contributed by atoms with Gasteiger partial charge in [-0.2, -0.15) is 0 Å². The van der Waals surface area contributed by atoms with Crippen LogP contribution in [0.1, 0.15) is 32.1 Å². The molecule has 20 heavy (non-hydrogen) atoms. The van der Waals surface area contributed by atoms with E-state index in [1.807, 2.05) is 19.2 Å². The Hall–Kier alpha value is -1.62. The number of rotatable bonds is 6. The second-order valence-corrected chi connectivity index (χ2v) is 5.21. The molecule has 0 unspecified atom stereocenters. The van der Waals surface area contributed by atoms with Gasteiger partial charge >= 0.3 is 0 Å². The van der Waals surface area contributed by atoms with Crippen molar-refractivity contribution in [2.75, 3.05) is 36.9 Å². The van der Waals surface area contributed by atoms with Crippen molar-refractivity contribution >= 4 is 17.4 Å². The maximum Gasteiger partial charge on any atom is 0.224 e. The van der Waals surface area contributed by atoms with Crippen LogP contribution in [-0.2, 0) is 4.79 Å². The number of pyridine rings is 1. The van der Waals surface area contributed by atoms with Gasteiger partial charge in [0.25, 0.3) is 0 Å². The zero-order valence-electron chi connectivity index (χ0n) is 12.2. The van der Waals surface area contributed by atoms with Crippen LogP contribution < -0.4 is 15.5 Å². The summed E-state index contributed by atoms with van der Waals surface area (Å²) in [6, 6.07) is 3.93. The Morgan fingerprint density at radius 3 is 2.75 bits per heavy atom. The van der Waals surface area contributed by atoms with Crippen molar-refractivity contribution in [1.29, 1.82) is 0 Å². The fourth-order valence-electron chi connectivity index (χ4n) is 2.42.